The summed E-state index contributed by atoms with van der Waals surface area (Å²) in [5, 5.41) is 7.21. The van der Waals surface area contributed by atoms with Crippen LogP contribution in [0.5, 0.6) is 0 Å². The van der Waals surface area contributed by atoms with Crippen LogP contribution in [-0.4, -0.2) is 21.4 Å². The molecule has 1 aromatic carbocycles. The number of rotatable bonds is 6. The molecule has 23 heavy (non-hydrogen) atoms. The van der Waals surface area contributed by atoms with Gasteiger partial charge in [0.15, 0.2) is 0 Å². The van der Waals surface area contributed by atoms with Crippen molar-refractivity contribution in [3.63, 3.8) is 0 Å². The summed E-state index contributed by atoms with van der Waals surface area (Å²) < 4.78 is 7.00. The fraction of sp³-hybridized carbons (Fsp3) is 0.176. The van der Waals surface area contributed by atoms with Crippen LogP contribution in [0.2, 0.25) is 0 Å². The van der Waals surface area contributed by atoms with E-state index >= 15 is 0 Å². The van der Waals surface area contributed by atoms with Crippen molar-refractivity contribution in [3.8, 4) is 5.69 Å². The number of aromatic nitrogens is 2. The number of nitrogens with zero attached hydrogens (tertiary/aromatic N) is 2. The van der Waals surface area contributed by atoms with E-state index in [1.54, 1.807) is 17.1 Å². The Morgan fingerprint density at radius 1 is 1.30 bits per heavy atom. The number of carbonyl (C=O) groups excluding carboxylic acids is 1. The van der Waals surface area contributed by atoms with Crippen LogP contribution in [0.15, 0.2) is 64.4 Å². The van der Waals surface area contributed by atoms with Crippen molar-refractivity contribution in [1.29, 1.82) is 0 Å². The van der Waals surface area contributed by atoms with E-state index in [4.69, 9.17) is 4.42 Å². The molecule has 3 rings (SSSR count). The lowest BCUT2D eigenvalue weighted by molar-refractivity contribution is -0.118. The minimum atomic E-state index is -0.0111. The molecule has 0 saturated heterocycles. The molecule has 2 aromatic heterocycles. The topological polar surface area (TPSA) is 60.1 Å². The Balaban J connectivity index is 1.50. The van der Waals surface area contributed by atoms with Crippen LogP contribution in [0.4, 0.5) is 0 Å². The van der Waals surface area contributed by atoms with Crippen molar-refractivity contribution in [2.45, 2.75) is 18.4 Å². The zero-order chi connectivity index (χ0) is 16.1. The third-order valence-corrected chi connectivity index (χ3v) is 4.46. The lowest BCUT2D eigenvalue weighted by Gasteiger charge is -2.03. The molecule has 0 saturated carbocycles. The van der Waals surface area contributed by atoms with E-state index < -0.39 is 0 Å². The van der Waals surface area contributed by atoms with Gasteiger partial charge in [-0.2, -0.15) is 5.10 Å². The molecule has 6 heteroatoms. The SMILES string of the molecule is Cc1occc1SCC(=O)NCc1cnn(-c2ccccc2)c1. The van der Waals surface area contributed by atoms with Crippen molar-refractivity contribution in [2.24, 2.45) is 0 Å². The molecular weight excluding hydrogens is 310 g/mol. The maximum atomic E-state index is 11.9. The first-order chi connectivity index (χ1) is 11.2. The van der Waals surface area contributed by atoms with Crippen LogP contribution in [0, 0.1) is 6.92 Å². The van der Waals surface area contributed by atoms with Gasteiger partial charge in [0.2, 0.25) is 5.91 Å². The van der Waals surface area contributed by atoms with Crippen LogP contribution >= 0.6 is 11.8 Å². The summed E-state index contributed by atoms with van der Waals surface area (Å²) in [6.07, 6.45) is 5.32. The predicted octanol–water partition coefficient (Wildman–Crippen LogP) is 3.18. The van der Waals surface area contributed by atoms with E-state index in [1.807, 2.05) is 49.5 Å². The fourth-order valence-electron chi connectivity index (χ4n) is 2.09. The minimum Gasteiger partial charge on any atom is -0.468 e. The van der Waals surface area contributed by atoms with Crippen molar-refractivity contribution >= 4 is 17.7 Å². The molecule has 0 fully saturated rings. The summed E-state index contributed by atoms with van der Waals surface area (Å²) in [5.74, 6) is 1.20. The van der Waals surface area contributed by atoms with Crippen LogP contribution in [0.3, 0.4) is 0 Å². The van der Waals surface area contributed by atoms with E-state index in [9.17, 15) is 4.79 Å². The Labute approximate surface area is 138 Å². The van der Waals surface area contributed by atoms with E-state index in [1.165, 1.54) is 11.8 Å². The number of hydrogen-bond acceptors (Lipinski definition) is 4. The van der Waals surface area contributed by atoms with Gasteiger partial charge in [-0.3, -0.25) is 4.79 Å². The molecule has 3 aromatic rings. The molecule has 0 spiro atoms. The molecule has 0 unspecified atom stereocenters. The summed E-state index contributed by atoms with van der Waals surface area (Å²) in [5.41, 5.74) is 1.96. The molecule has 5 nitrogen and oxygen atoms in total. The van der Waals surface area contributed by atoms with Crippen LogP contribution in [0.1, 0.15) is 11.3 Å². The van der Waals surface area contributed by atoms with E-state index in [0.29, 0.717) is 12.3 Å². The lowest BCUT2D eigenvalue weighted by Crippen LogP contribution is -2.24. The Morgan fingerprint density at radius 2 is 2.13 bits per heavy atom. The van der Waals surface area contributed by atoms with Crippen molar-refractivity contribution in [3.05, 3.63) is 66.4 Å². The maximum absolute atomic E-state index is 11.9. The van der Waals surface area contributed by atoms with Gasteiger partial charge in [0.25, 0.3) is 0 Å². The highest BCUT2D eigenvalue weighted by molar-refractivity contribution is 8.00. The average molecular weight is 327 g/mol. The first-order valence-electron chi connectivity index (χ1n) is 7.25. The normalized spacial score (nSPS) is 10.7. The first kappa shape index (κ1) is 15.4. The Kier molecular flexibility index (Phi) is 4.83. The summed E-state index contributed by atoms with van der Waals surface area (Å²) >= 11 is 1.47. The molecule has 0 aliphatic carbocycles. The lowest BCUT2D eigenvalue weighted by atomic mass is 10.3. The number of para-hydroxylation sites is 1. The van der Waals surface area contributed by atoms with Gasteiger partial charge in [0, 0.05) is 23.2 Å². The molecule has 118 valence electrons. The Hall–Kier alpha value is -2.47. The number of amides is 1. The summed E-state index contributed by atoms with van der Waals surface area (Å²) in [7, 11) is 0. The summed E-state index contributed by atoms with van der Waals surface area (Å²) in [6.45, 7) is 2.36. The van der Waals surface area contributed by atoms with Gasteiger partial charge in [-0.1, -0.05) is 18.2 Å². The number of carbonyl (C=O) groups is 1. The van der Waals surface area contributed by atoms with E-state index in [0.717, 1.165) is 21.9 Å². The second-order valence-electron chi connectivity index (χ2n) is 5.04. The van der Waals surface area contributed by atoms with Crippen LogP contribution < -0.4 is 5.32 Å². The molecule has 1 amide bonds. The molecule has 0 radical (unpaired) electrons. The third-order valence-electron chi connectivity index (χ3n) is 3.32. The van der Waals surface area contributed by atoms with Crippen molar-refractivity contribution in [2.75, 3.05) is 5.75 Å². The standard InChI is InChI=1S/C17H17N3O2S/c1-13-16(7-8-22-13)23-12-17(21)18-9-14-10-19-20(11-14)15-5-3-2-4-6-15/h2-8,10-11H,9,12H2,1H3,(H,18,21). The van der Waals surface area contributed by atoms with Gasteiger partial charge < -0.3 is 9.73 Å². The zero-order valence-corrected chi connectivity index (χ0v) is 13.5. The molecule has 2 heterocycles. The van der Waals surface area contributed by atoms with Crippen LogP contribution in [-0.2, 0) is 11.3 Å². The fourth-order valence-corrected chi connectivity index (χ4v) is 2.88. The number of thioether (sulfide) groups is 1. The first-order valence-corrected chi connectivity index (χ1v) is 8.23. The number of nitrogens with one attached hydrogen (secondary N) is 1. The van der Waals surface area contributed by atoms with Crippen LogP contribution in [0.25, 0.3) is 5.69 Å². The quantitative estimate of drug-likeness (QED) is 0.706. The maximum Gasteiger partial charge on any atom is 0.230 e. The van der Waals surface area contributed by atoms with Gasteiger partial charge in [0.1, 0.15) is 5.76 Å². The Morgan fingerprint density at radius 3 is 2.87 bits per heavy atom. The van der Waals surface area contributed by atoms with Gasteiger partial charge in [-0.15, -0.1) is 11.8 Å². The smallest absolute Gasteiger partial charge is 0.230 e. The van der Waals surface area contributed by atoms with Gasteiger partial charge in [-0.25, -0.2) is 4.68 Å². The number of hydrogen-bond donors (Lipinski definition) is 1. The van der Waals surface area contributed by atoms with Gasteiger partial charge in [-0.05, 0) is 25.1 Å². The van der Waals surface area contributed by atoms with Gasteiger partial charge >= 0.3 is 0 Å². The number of furan rings is 1. The summed E-state index contributed by atoms with van der Waals surface area (Å²) in [6, 6.07) is 11.7. The highest BCUT2D eigenvalue weighted by atomic mass is 32.2. The molecule has 0 atom stereocenters. The molecule has 0 aliphatic rings. The van der Waals surface area contributed by atoms with E-state index in [-0.39, 0.29) is 5.91 Å². The zero-order valence-electron chi connectivity index (χ0n) is 12.7. The monoisotopic (exact) mass is 327 g/mol. The average Bonchev–Trinajstić information content (AvgIpc) is 3.21. The highest BCUT2D eigenvalue weighted by Gasteiger charge is 2.07. The molecule has 0 aliphatic heterocycles. The third kappa shape index (κ3) is 4.04. The molecule has 0 bridgehead atoms. The van der Waals surface area contributed by atoms with Crippen molar-refractivity contribution < 1.29 is 9.21 Å². The number of benzene rings is 1. The predicted molar refractivity (Wildman–Crippen MR) is 89.6 cm³/mol. The van der Waals surface area contributed by atoms with E-state index in [2.05, 4.69) is 10.4 Å². The minimum absolute atomic E-state index is 0.0111. The second-order valence-corrected chi connectivity index (χ2v) is 6.05. The summed E-state index contributed by atoms with van der Waals surface area (Å²) in [4.78, 5) is 12.9. The number of aryl methyl sites for hydroxylation is 1. The Bertz CT molecular complexity index is 780. The van der Waals surface area contributed by atoms with Gasteiger partial charge in [0.05, 0.1) is 23.9 Å². The van der Waals surface area contributed by atoms with Crippen molar-refractivity contribution in [1.82, 2.24) is 15.1 Å². The largest absolute Gasteiger partial charge is 0.468 e. The molecule has 1 N–H and O–H groups in total. The molecular formula is C17H17N3O2S. The highest BCUT2D eigenvalue weighted by Crippen LogP contribution is 2.22. The second kappa shape index (κ2) is 7.19.